The van der Waals surface area contributed by atoms with E-state index in [1.807, 2.05) is 30.5 Å². The van der Waals surface area contributed by atoms with Gasteiger partial charge in [0.25, 0.3) is 0 Å². The van der Waals surface area contributed by atoms with Crippen LogP contribution in [0.1, 0.15) is 11.3 Å². The zero-order valence-electron chi connectivity index (χ0n) is 9.73. The van der Waals surface area contributed by atoms with E-state index in [1.54, 1.807) is 18.4 Å². The second-order valence-corrected chi connectivity index (χ2v) is 4.52. The van der Waals surface area contributed by atoms with Gasteiger partial charge in [0.2, 0.25) is 0 Å². The van der Waals surface area contributed by atoms with Crippen molar-refractivity contribution in [1.29, 1.82) is 5.26 Å². The number of hydrogen-bond donors (Lipinski definition) is 0. The molecular weight excluding hydrogens is 232 g/mol. The van der Waals surface area contributed by atoms with Crippen LogP contribution in [-0.4, -0.2) is 12.1 Å². The second-order valence-electron chi connectivity index (χ2n) is 3.66. The number of hydrogen-bond acceptors (Lipinski definition) is 4. The maximum absolute atomic E-state index is 8.61. The fourth-order valence-electron chi connectivity index (χ4n) is 1.61. The third-order valence-electron chi connectivity index (χ3n) is 2.45. The smallest absolute Gasteiger partial charge is 0.123 e. The number of nitriles is 1. The first kappa shape index (κ1) is 11.6. The first-order valence-electron chi connectivity index (χ1n) is 5.21. The van der Waals surface area contributed by atoms with Crippen molar-refractivity contribution in [2.75, 3.05) is 7.11 Å². The summed E-state index contributed by atoms with van der Waals surface area (Å²) in [6, 6.07) is 8.08. The Labute approximate surface area is 104 Å². The van der Waals surface area contributed by atoms with Crippen LogP contribution in [0.4, 0.5) is 0 Å². The van der Waals surface area contributed by atoms with Crippen molar-refractivity contribution in [2.45, 2.75) is 13.3 Å². The Morgan fingerprint density at radius 3 is 2.94 bits per heavy atom. The van der Waals surface area contributed by atoms with Crippen molar-refractivity contribution in [3.8, 4) is 22.4 Å². The highest BCUT2D eigenvalue weighted by Crippen LogP contribution is 2.28. The molecule has 0 radical (unpaired) electrons. The number of nitrogens with zero attached hydrogens (tertiary/aromatic N) is 2. The van der Waals surface area contributed by atoms with Crippen molar-refractivity contribution in [2.24, 2.45) is 0 Å². The number of rotatable bonds is 3. The van der Waals surface area contributed by atoms with E-state index < -0.39 is 0 Å². The van der Waals surface area contributed by atoms with Gasteiger partial charge in [-0.25, -0.2) is 4.98 Å². The Morgan fingerprint density at radius 1 is 1.47 bits per heavy atom. The van der Waals surface area contributed by atoms with Gasteiger partial charge in [-0.2, -0.15) is 5.26 Å². The van der Waals surface area contributed by atoms with E-state index >= 15 is 0 Å². The number of ether oxygens (including phenoxy) is 1. The molecule has 0 fully saturated rings. The molecule has 0 bridgehead atoms. The molecule has 0 amide bonds. The topological polar surface area (TPSA) is 45.9 Å². The van der Waals surface area contributed by atoms with Gasteiger partial charge in [0.05, 0.1) is 25.3 Å². The molecule has 3 nitrogen and oxygen atoms in total. The lowest BCUT2D eigenvalue weighted by Gasteiger charge is -2.05. The predicted molar refractivity (Wildman–Crippen MR) is 68.2 cm³/mol. The quantitative estimate of drug-likeness (QED) is 0.833. The molecule has 0 unspecified atom stereocenters. The summed E-state index contributed by atoms with van der Waals surface area (Å²) in [5.41, 5.74) is 2.99. The molecule has 4 heteroatoms. The molecule has 0 saturated heterocycles. The van der Waals surface area contributed by atoms with Crippen LogP contribution >= 0.6 is 11.3 Å². The van der Waals surface area contributed by atoms with Gasteiger partial charge in [0.1, 0.15) is 10.8 Å². The average molecular weight is 244 g/mol. The first-order valence-corrected chi connectivity index (χ1v) is 6.09. The Morgan fingerprint density at radius 2 is 2.29 bits per heavy atom. The largest absolute Gasteiger partial charge is 0.496 e. The first-order chi connectivity index (χ1) is 8.24. The lowest BCUT2D eigenvalue weighted by atomic mass is 10.1. The maximum atomic E-state index is 8.61. The van der Waals surface area contributed by atoms with E-state index in [2.05, 4.69) is 11.1 Å². The zero-order chi connectivity index (χ0) is 12.3. The highest BCUT2D eigenvalue weighted by atomic mass is 32.1. The normalized spacial score (nSPS) is 9.94. The number of thiazole rings is 1. The fraction of sp³-hybridized carbons (Fsp3) is 0.231. The Bertz CT molecular complexity index is 569. The lowest BCUT2D eigenvalue weighted by molar-refractivity contribution is 0.412. The number of aromatic nitrogens is 1. The summed E-state index contributed by atoms with van der Waals surface area (Å²) in [4.78, 5) is 4.42. The van der Waals surface area contributed by atoms with Crippen molar-refractivity contribution in [1.82, 2.24) is 4.98 Å². The van der Waals surface area contributed by atoms with Crippen LogP contribution in [0.3, 0.4) is 0 Å². The Balaban J connectivity index is 2.33. The van der Waals surface area contributed by atoms with E-state index in [1.165, 1.54) is 0 Å². The van der Waals surface area contributed by atoms with E-state index in [-0.39, 0.29) is 0 Å². The highest BCUT2D eigenvalue weighted by Gasteiger charge is 2.06. The second kappa shape index (κ2) is 4.98. The highest BCUT2D eigenvalue weighted by molar-refractivity contribution is 7.13. The summed E-state index contributed by atoms with van der Waals surface area (Å²) in [5, 5.41) is 11.5. The van der Waals surface area contributed by atoms with Gasteiger partial charge < -0.3 is 4.74 Å². The summed E-state index contributed by atoms with van der Waals surface area (Å²) in [5.74, 6) is 0.877. The molecule has 17 heavy (non-hydrogen) atoms. The molecule has 0 aliphatic carbocycles. The molecule has 0 aliphatic rings. The standard InChI is InChI=1S/C13H12N2OS/c1-9-7-10(3-4-12(9)16-2)13-15-11(5-6-14)8-17-13/h3-4,7-8H,5H2,1-2H3. The SMILES string of the molecule is COc1ccc(-c2nc(CC#N)cs2)cc1C. The Kier molecular flexibility index (Phi) is 3.40. The van der Waals surface area contributed by atoms with E-state index in [4.69, 9.17) is 10.00 Å². The Hall–Kier alpha value is -1.86. The van der Waals surface area contributed by atoms with Crippen LogP contribution < -0.4 is 4.74 Å². The summed E-state index contributed by atoms with van der Waals surface area (Å²) >= 11 is 1.56. The van der Waals surface area contributed by atoms with Crippen molar-refractivity contribution < 1.29 is 4.74 Å². The molecular formula is C13H12N2OS. The third-order valence-corrected chi connectivity index (χ3v) is 3.39. The van der Waals surface area contributed by atoms with Gasteiger partial charge >= 0.3 is 0 Å². The van der Waals surface area contributed by atoms with Gasteiger partial charge in [0.15, 0.2) is 0 Å². The lowest BCUT2D eigenvalue weighted by Crippen LogP contribution is -1.88. The van der Waals surface area contributed by atoms with E-state index in [0.29, 0.717) is 6.42 Å². The van der Waals surface area contributed by atoms with Crippen LogP contribution in [-0.2, 0) is 6.42 Å². The van der Waals surface area contributed by atoms with Gasteiger partial charge in [-0.3, -0.25) is 0 Å². The van der Waals surface area contributed by atoms with Gasteiger partial charge in [0, 0.05) is 10.9 Å². The molecule has 0 spiro atoms. The van der Waals surface area contributed by atoms with Crippen LogP contribution in [0.25, 0.3) is 10.6 Å². The minimum absolute atomic E-state index is 0.367. The summed E-state index contributed by atoms with van der Waals surface area (Å²) in [6.07, 6.45) is 0.367. The molecule has 1 heterocycles. The van der Waals surface area contributed by atoms with Gasteiger partial charge in [-0.1, -0.05) is 0 Å². The van der Waals surface area contributed by atoms with Crippen molar-refractivity contribution in [3.05, 3.63) is 34.8 Å². The monoisotopic (exact) mass is 244 g/mol. The van der Waals surface area contributed by atoms with Crippen molar-refractivity contribution in [3.63, 3.8) is 0 Å². The molecule has 0 N–H and O–H groups in total. The van der Waals surface area contributed by atoms with Crippen LogP contribution in [0.2, 0.25) is 0 Å². The molecule has 86 valence electrons. The average Bonchev–Trinajstić information content (AvgIpc) is 2.78. The zero-order valence-corrected chi connectivity index (χ0v) is 10.5. The number of methoxy groups -OCH3 is 1. The predicted octanol–water partition coefficient (Wildman–Crippen LogP) is 3.19. The molecule has 2 aromatic rings. The molecule has 2 rings (SSSR count). The molecule has 1 aromatic heterocycles. The van der Waals surface area contributed by atoms with Gasteiger partial charge in [-0.05, 0) is 30.7 Å². The molecule has 1 aromatic carbocycles. The minimum atomic E-state index is 0.367. The fourth-order valence-corrected chi connectivity index (χ4v) is 2.43. The molecule has 0 aliphatic heterocycles. The van der Waals surface area contributed by atoms with Crippen LogP contribution in [0, 0.1) is 18.3 Å². The van der Waals surface area contributed by atoms with E-state index in [9.17, 15) is 0 Å². The minimum Gasteiger partial charge on any atom is -0.496 e. The maximum Gasteiger partial charge on any atom is 0.123 e. The van der Waals surface area contributed by atoms with Gasteiger partial charge in [-0.15, -0.1) is 11.3 Å². The number of aryl methyl sites for hydroxylation is 1. The summed E-state index contributed by atoms with van der Waals surface area (Å²) in [6.45, 7) is 2.01. The molecule has 0 atom stereocenters. The summed E-state index contributed by atoms with van der Waals surface area (Å²) < 4.78 is 5.22. The van der Waals surface area contributed by atoms with Crippen molar-refractivity contribution >= 4 is 11.3 Å². The van der Waals surface area contributed by atoms with Crippen LogP contribution in [0.5, 0.6) is 5.75 Å². The van der Waals surface area contributed by atoms with Crippen LogP contribution in [0.15, 0.2) is 23.6 Å². The third kappa shape index (κ3) is 2.45. The van der Waals surface area contributed by atoms with E-state index in [0.717, 1.165) is 27.6 Å². The summed E-state index contributed by atoms with van der Waals surface area (Å²) in [7, 11) is 1.66. The number of benzene rings is 1. The molecule has 0 saturated carbocycles.